The molecule has 2 aromatic carbocycles. The summed E-state index contributed by atoms with van der Waals surface area (Å²) in [4.78, 5) is 20.6. The number of amides is 1. The van der Waals surface area contributed by atoms with Crippen LogP contribution in [0.4, 0.5) is 30.2 Å². The molecule has 0 aromatic heterocycles. The fourth-order valence-corrected chi connectivity index (χ4v) is 3.69. The van der Waals surface area contributed by atoms with E-state index in [1.807, 2.05) is 4.72 Å². The zero-order chi connectivity index (χ0) is 21.3. The minimum atomic E-state index is -4.93. The van der Waals surface area contributed by atoms with E-state index < -0.39 is 48.9 Å². The van der Waals surface area contributed by atoms with Crippen LogP contribution in [0, 0.1) is 17.0 Å². The highest BCUT2D eigenvalue weighted by molar-refractivity contribution is 7.92. The number of rotatable bonds is 5. The van der Waals surface area contributed by atoms with Crippen molar-refractivity contribution in [3.63, 3.8) is 0 Å². The summed E-state index contributed by atoms with van der Waals surface area (Å²) in [6.45, 7) is 2.46. The Morgan fingerprint density at radius 1 is 1.14 bits per heavy atom. The van der Waals surface area contributed by atoms with Crippen molar-refractivity contribution in [2.75, 3.05) is 10.0 Å². The third-order valence-corrected chi connectivity index (χ3v) is 5.07. The summed E-state index contributed by atoms with van der Waals surface area (Å²) < 4.78 is 67.0. The number of sulfonamides is 1. The van der Waals surface area contributed by atoms with Gasteiger partial charge in [-0.15, -0.1) is 0 Å². The van der Waals surface area contributed by atoms with Crippen LogP contribution in [0.3, 0.4) is 0 Å². The molecule has 8 nitrogen and oxygen atoms in total. The summed E-state index contributed by atoms with van der Waals surface area (Å²) in [5.74, 6) is -0.603. The van der Waals surface area contributed by atoms with Gasteiger partial charge in [0.25, 0.3) is 15.7 Å². The van der Waals surface area contributed by atoms with Crippen molar-refractivity contribution in [3.8, 4) is 0 Å². The second-order valence-corrected chi connectivity index (χ2v) is 7.40. The number of halogens is 3. The predicted molar refractivity (Wildman–Crippen MR) is 94.4 cm³/mol. The van der Waals surface area contributed by atoms with Crippen LogP contribution in [0.1, 0.15) is 18.1 Å². The summed E-state index contributed by atoms with van der Waals surface area (Å²) in [6.07, 6.45) is -4.93. The summed E-state index contributed by atoms with van der Waals surface area (Å²) in [6, 6.07) is 5.54. The smallest absolute Gasteiger partial charge is 0.326 e. The van der Waals surface area contributed by atoms with Gasteiger partial charge < -0.3 is 5.32 Å². The number of aryl methyl sites for hydroxylation is 1. The first-order valence-electron chi connectivity index (χ1n) is 7.58. The number of hydrogen-bond donors (Lipinski definition) is 2. The van der Waals surface area contributed by atoms with E-state index in [-0.39, 0.29) is 11.3 Å². The van der Waals surface area contributed by atoms with E-state index in [1.165, 1.54) is 13.0 Å². The van der Waals surface area contributed by atoms with Crippen LogP contribution in [0.25, 0.3) is 0 Å². The number of carbonyl (C=O) groups excluding carboxylic acids is 1. The van der Waals surface area contributed by atoms with Gasteiger partial charge in [0, 0.05) is 24.7 Å². The molecule has 0 saturated heterocycles. The van der Waals surface area contributed by atoms with E-state index in [4.69, 9.17) is 0 Å². The number of alkyl halides is 3. The van der Waals surface area contributed by atoms with E-state index in [9.17, 15) is 36.5 Å². The Labute approximate surface area is 157 Å². The average molecular weight is 417 g/mol. The lowest BCUT2D eigenvalue weighted by molar-refractivity contribution is -0.385. The molecule has 0 heterocycles. The molecule has 0 atom stereocenters. The van der Waals surface area contributed by atoms with Crippen molar-refractivity contribution in [2.45, 2.75) is 24.9 Å². The molecule has 0 aliphatic heterocycles. The van der Waals surface area contributed by atoms with Crippen LogP contribution in [0.15, 0.2) is 41.3 Å². The molecule has 150 valence electrons. The molecule has 12 heteroatoms. The van der Waals surface area contributed by atoms with Gasteiger partial charge in [0.2, 0.25) is 5.91 Å². The molecule has 0 unspecified atom stereocenters. The number of carbonyl (C=O) groups is 1. The van der Waals surface area contributed by atoms with Crippen molar-refractivity contribution in [1.29, 1.82) is 0 Å². The van der Waals surface area contributed by atoms with E-state index in [2.05, 4.69) is 5.32 Å². The van der Waals surface area contributed by atoms with Crippen LogP contribution >= 0.6 is 0 Å². The fraction of sp³-hybridized carbons (Fsp3) is 0.188. The van der Waals surface area contributed by atoms with Gasteiger partial charge in [-0.3, -0.25) is 19.6 Å². The second kappa shape index (κ2) is 7.46. The Bertz CT molecular complexity index is 1050. The first-order chi connectivity index (χ1) is 12.8. The zero-order valence-corrected chi connectivity index (χ0v) is 15.3. The van der Waals surface area contributed by atoms with Crippen molar-refractivity contribution in [2.24, 2.45) is 0 Å². The maximum Gasteiger partial charge on any atom is 0.418 e. The van der Waals surface area contributed by atoms with Gasteiger partial charge in [-0.25, -0.2) is 8.42 Å². The number of anilines is 2. The minimum Gasteiger partial charge on any atom is -0.326 e. The lowest BCUT2D eigenvalue weighted by Crippen LogP contribution is -2.19. The van der Waals surface area contributed by atoms with E-state index >= 15 is 0 Å². The van der Waals surface area contributed by atoms with Gasteiger partial charge >= 0.3 is 6.18 Å². The van der Waals surface area contributed by atoms with Gasteiger partial charge in [-0.2, -0.15) is 13.2 Å². The topological polar surface area (TPSA) is 118 Å². The molecular formula is C16H14F3N3O5S. The Morgan fingerprint density at radius 2 is 1.79 bits per heavy atom. The Balaban J connectivity index is 2.53. The molecule has 2 rings (SSSR count). The predicted octanol–water partition coefficient (Wildman–Crippen LogP) is 3.68. The largest absolute Gasteiger partial charge is 0.418 e. The second-order valence-electron chi connectivity index (χ2n) is 5.75. The van der Waals surface area contributed by atoms with Gasteiger partial charge in [-0.1, -0.05) is 6.07 Å². The van der Waals surface area contributed by atoms with E-state index in [0.717, 1.165) is 31.2 Å². The average Bonchev–Trinajstić information content (AvgIpc) is 2.54. The minimum absolute atomic E-state index is 0.113. The van der Waals surface area contributed by atoms with Crippen LogP contribution in [-0.4, -0.2) is 19.2 Å². The van der Waals surface area contributed by atoms with Gasteiger partial charge in [0.15, 0.2) is 0 Å². The number of nitrogens with one attached hydrogen (secondary N) is 2. The van der Waals surface area contributed by atoms with Crippen LogP contribution in [-0.2, 0) is 21.0 Å². The summed E-state index contributed by atoms with van der Waals surface area (Å²) in [5, 5.41) is 13.0. The van der Waals surface area contributed by atoms with Crippen molar-refractivity contribution in [1.82, 2.24) is 0 Å². The monoisotopic (exact) mass is 417 g/mol. The fourth-order valence-electron chi connectivity index (χ4n) is 2.34. The van der Waals surface area contributed by atoms with Crippen LogP contribution in [0.2, 0.25) is 0 Å². The highest BCUT2D eigenvalue weighted by Gasteiger charge is 2.35. The Kier molecular flexibility index (Phi) is 5.64. The Hall–Kier alpha value is -3.15. The summed E-state index contributed by atoms with van der Waals surface area (Å²) in [7, 11) is -4.56. The number of nitro benzene ring substituents is 1. The number of benzene rings is 2. The maximum atomic E-state index is 13.4. The van der Waals surface area contributed by atoms with Crippen LogP contribution in [0.5, 0.6) is 0 Å². The lowest BCUT2D eigenvalue weighted by Gasteiger charge is -2.17. The van der Waals surface area contributed by atoms with Crippen LogP contribution < -0.4 is 10.0 Å². The normalized spacial score (nSPS) is 11.8. The molecule has 0 aliphatic carbocycles. The first kappa shape index (κ1) is 21.2. The molecular weight excluding hydrogens is 403 g/mol. The van der Waals surface area contributed by atoms with E-state index in [0.29, 0.717) is 6.07 Å². The highest BCUT2D eigenvalue weighted by Crippen LogP contribution is 2.37. The van der Waals surface area contributed by atoms with Crippen molar-refractivity contribution in [3.05, 3.63) is 57.6 Å². The molecule has 0 spiro atoms. The number of hydrogen-bond acceptors (Lipinski definition) is 5. The molecule has 0 saturated carbocycles. The molecule has 0 aliphatic rings. The van der Waals surface area contributed by atoms with Crippen molar-refractivity contribution < 1.29 is 31.3 Å². The molecule has 0 fully saturated rings. The third kappa shape index (κ3) is 4.76. The molecule has 1 amide bonds. The first-order valence-corrected chi connectivity index (χ1v) is 9.06. The third-order valence-electron chi connectivity index (χ3n) is 3.56. The zero-order valence-electron chi connectivity index (χ0n) is 14.5. The molecule has 28 heavy (non-hydrogen) atoms. The Morgan fingerprint density at radius 3 is 2.32 bits per heavy atom. The molecule has 0 bridgehead atoms. The lowest BCUT2D eigenvalue weighted by atomic mass is 10.1. The van der Waals surface area contributed by atoms with Gasteiger partial charge in [-0.05, 0) is 30.7 Å². The number of nitro groups is 1. The quantitative estimate of drug-likeness (QED) is 0.568. The summed E-state index contributed by atoms with van der Waals surface area (Å²) in [5.41, 5.74) is -2.70. The molecule has 2 aromatic rings. The number of nitrogens with zero attached hydrogens (tertiary/aromatic N) is 1. The molecule has 2 N–H and O–H groups in total. The van der Waals surface area contributed by atoms with Crippen molar-refractivity contribution >= 4 is 33.0 Å². The van der Waals surface area contributed by atoms with Gasteiger partial charge in [0.1, 0.15) is 0 Å². The summed E-state index contributed by atoms with van der Waals surface area (Å²) >= 11 is 0. The highest BCUT2D eigenvalue weighted by atomic mass is 32.2. The number of non-ortho nitro benzene ring substituents is 1. The standard InChI is InChI=1S/C16H14F3N3O5S/c1-9-3-5-12(22(24)25)8-15(9)28(26,27)21-14-6-4-11(20-10(2)23)7-13(14)16(17,18)19/h3-8,21H,1-2H3,(H,20,23). The van der Waals surface area contributed by atoms with E-state index in [1.54, 1.807) is 0 Å². The maximum absolute atomic E-state index is 13.4. The molecule has 0 radical (unpaired) electrons. The van der Waals surface area contributed by atoms with Gasteiger partial charge in [0.05, 0.1) is 21.1 Å². The SMILES string of the molecule is CC(=O)Nc1ccc(NS(=O)(=O)c2cc([N+](=O)[O-])ccc2C)c(C(F)(F)F)c1.